The van der Waals surface area contributed by atoms with Gasteiger partial charge in [-0.1, -0.05) is 6.07 Å². The van der Waals surface area contributed by atoms with Gasteiger partial charge in [0.05, 0.1) is 11.1 Å². The van der Waals surface area contributed by atoms with E-state index in [2.05, 4.69) is 10.3 Å². The highest BCUT2D eigenvalue weighted by Gasteiger charge is 2.30. The number of nitrogens with zero attached hydrogens (tertiary/aromatic N) is 1. The molecule has 0 aliphatic rings. The number of hydrogen-bond acceptors (Lipinski definition) is 3. The number of alkyl halides is 3. The summed E-state index contributed by atoms with van der Waals surface area (Å²) in [7, 11) is 0. The molecule has 110 valence electrons. The first-order chi connectivity index (χ1) is 9.75. The van der Waals surface area contributed by atoms with E-state index in [1.54, 1.807) is 6.92 Å². The highest BCUT2D eigenvalue weighted by molar-refractivity contribution is 5.88. The van der Waals surface area contributed by atoms with Crippen molar-refractivity contribution in [2.45, 2.75) is 13.1 Å². The number of hydrogen-bond donors (Lipinski definition) is 2. The smallest absolute Gasteiger partial charge is 0.416 e. The lowest BCUT2D eigenvalue weighted by molar-refractivity contribution is -0.137. The highest BCUT2D eigenvalue weighted by atomic mass is 19.4. The van der Waals surface area contributed by atoms with E-state index in [1.807, 2.05) is 0 Å². The average Bonchev–Trinajstić information content (AvgIpc) is 2.37. The van der Waals surface area contributed by atoms with E-state index in [9.17, 15) is 18.0 Å². The van der Waals surface area contributed by atoms with E-state index in [1.165, 1.54) is 24.3 Å². The Morgan fingerprint density at radius 3 is 2.57 bits per heavy atom. The van der Waals surface area contributed by atoms with Crippen LogP contribution in [-0.4, -0.2) is 16.1 Å². The van der Waals surface area contributed by atoms with Gasteiger partial charge in [0.25, 0.3) is 0 Å². The molecule has 0 saturated heterocycles. The number of anilines is 2. The molecule has 0 unspecified atom stereocenters. The summed E-state index contributed by atoms with van der Waals surface area (Å²) in [6, 6.07) is 7.23. The Morgan fingerprint density at radius 2 is 1.95 bits per heavy atom. The van der Waals surface area contributed by atoms with E-state index >= 15 is 0 Å². The van der Waals surface area contributed by atoms with Crippen LogP contribution in [0.25, 0.3) is 0 Å². The highest BCUT2D eigenvalue weighted by Crippen LogP contribution is 2.31. The molecule has 1 heterocycles. The first-order valence-corrected chi connectivity index (χ1v) is 5.92. The fourth-order valence-corrected chi connectivity index (χ4v) is 1.78. The number of benzene rings is 1. The van der Waals surface area contributed by atoms with Crippen molar-refractivity contribution in [2.24, 2.45) is 0 Å². The third-order valence-corrected chi connectivity index (χ3v) is 2.66. The van der Waals surface area contributed by atoms with Crippen molar-refractivity contribution in [3.63, 3.8) is 0 Å². The molecule has 0 fully saturated rings. The predicted molar refractivity (Wildman–Crippen MR) is 70.7 cm³/mol. The van der Waals surface area contributed by atoms with Gasteiger partial charge in [-0.2, -0.15) is 13.2 Å². The molecule has 2 aromatic rings. The monoisotopic (exact) mass is 296 g/mol. The number of halogens is 3. The molecule has 4 nitrogen and oxygen atoms in total. The van der Waals surface area contributed by atoms with Crippen molar-refractivity contribution >= 4 is 17.5 Å². The maximum absolute atomic E-state index is 12.6. The molecule has 1 aromatic carbocycles. The fraction of sp³-hybridized carbons (Fsp3) is 0.143. The van der Waals surface area contributed by atoms with E-state index in [0.29, 0.717) is 5.69 Å². The molecule has 2 rings (SSSR count). The van der Waals surface area contributed by atoms with E-state index in [4.69, 9.17) is 5.11 Å². The molecule has 1 aromatic heterocycles. The summed E-state index contributed by atoms with van der Waals surface area (Å²) in [5.41, 5.74) is -0.153. The van der Waals surface area contributed by atoms with Crippen LogP contribution >= 0.6 is 0 Å². The van der Waals surface area contributed by atoms with Crippen molar-refractivity contribution in [1.82, 2.24) is 4.98 Å². The van der Waals surface area contributed by atoms with Crippen LogP contribution in [0.1, 0.15) is 21.6 Å². The van der Waals surface area contributed by atoms with Gasteiger partial charge in [-0.05, 0) is 37.3 Å². The maximum Gasteiger partial charge on any atom is 0.416 e. The van der Waals surface area contributed by atoms with Crippen molar-refractivity contribution in [3.05, 3.63) is 53.2 Å². The molecular weight excluding hydrogens is 285 g/mol. The number of aromatic nitrogens is 1. The van der Waals surface area contributed by atoms with Gasteiger partial charge in [0.1, 0.15) is 5.82 Å². The second-order valence-electron chi connectivity index (χ2n) is 4.39. The van der Waals surface area contributed by atoms with Gasteiger partial charge in [-0.25, -0.2) is 9.78 Å². The Bertz CT molecular complexity index is 684. The molecule has 7 heteroatoms. The van der Waals surface area contributed by atoms with Crippen LogP contribution in [0.15, 0.2) is 36.4 Å². The SMILES string of the molecule is Cc1cc(C(=O)O)cc(Nc2cccc(C(F)(F)F)c2)n1. The number of pyridine rings is 1. The molecular formula is C14H11F3N2O2. The lowest BCUT2D eigenvalue weighted by Gasteiger charge is -2.11. The molecule has 0 aliphatic heterocycles. The molecule has 0 spiro atoms. The van der Waals surface area contributed by atoms with Gasteiger partial charge < -0.3 is 10.4 Å². The van der Waals surface area contributed by atoms with Crippen LogP contribution in [0.3, 0.4) is 0 Å². The zero-order chi connectivity index (χ0) is 15.6. The molecule has 0 saturated carbocycles. The molecule has 0 radical (unpaired) electrons. The standard InChI is InChI=1S/C14H11F3N2O2/c1-8-5-9(13(20)21)6-12(18-8)19-11-4-2-3-10(7-11)14(15,16)17/h2-7H,1H3,(H,18,19)(H,20,21). The number of aromatic carboxylic acids is 1. The van der Waals surface area contributed by atoms with Crippen LogP contribution in [-0.2, 0) is 6.18 Å². The second kappa shape index (κ2) is 5.43. The topological polar surface area (TPSA) is 62.2 Å². The fourth-order valence-electron chi connectivity index (χ4n) is 1.78. The van der Waals surface area contributed by atoms with E-state index in [0.717, 1.165) is 12.1 Å². The summed E-state index contributed by atoms with van der Waals surface area (Å²) >= 11 is 0. The number of rotatable bonds is 3. The summed E-state index contributed by atoms with van der Waals surface area (Å²) in [4.78, 5) is 15.0. The minimum absolute atomic E-state index is 0.0111. The first-order valence-electron chi connectivity index (χ1n) is 5.92. The molecule has 2 N–H and O–H groups in total. The normalized spacial score (nSPS) is 11.2. The third kappa shape index (κ3) is 3.71. The van der Waals surface area contributed by atoms with E-state index < -0.39 is 17.7 Å². The van der Waals surface area contributed by atoms with Crippen LogP contribution < -0.4 is 5.32 Å². The van der Waals surface area contributed by atoms with Crippen LogP contribution in [0.4, 0.5) is 24.7 Å². The third-order valence-electron chi connectivity index (χ3n) is 2.66. The van der Waals surface area contributed by atoms with Crippen molar-refractivity contribution in [3.8, 4) is 0 Å². The Hall–Kier alpha value is -2.57. The molecule has 0 bridgehead atoms. The largest absolute Gasteiger partial charge is 0.478 e. The van der Waals surface area contributed by atoms with Gasteiger partial charge >= 0.3 is 12.1 Å². The van der Waals surface area contributed by atoms with Gasteiger partial charge in [-0.3, -0.25) is 0 Å². The number of aryl methyl sites for hydroxylation is 1. The number of nitrogens with one attached hydrogen (secondary N) is 1. The minimum atomic E-state index is -4.44. The van der Waals surface area contributed by atoms with E-state index in [-0.39, 0.29) is 17.1 Å². The molecule has 21 heavy (non-hydrogen) atoms. The summed E-state index contributed by atoms with van der Waals surface area (Å²) in [5.74, 6) is -0.959. The van der Waals surface area contributed by atoms with Gasteiger partial charge in [-0.15, -0.1) is 0 Å². The quantitative estimate of drug-likeness (QED) is 0.903. The molecule has 0 amide bonds. The van der Waals surface area contributed by atoms with Gasteiger partial charge in [0.15, 0.2) is 0 Å². The summed E-state index contributed by atoms with van der Waals surface area (Å²) in [6.07, 6.45) is -4.44. The Balaban J connectivity index is 2.32. The molecule has 0 aliphatic carbocycles. The van der Waals surface area contributed by atoms with Crippen LogP contribution in [0.5, 0.6) is 0 Å². The Morgan fingerprint density at radius 1 is 1.24 bits per heavy atom. The zero-order valence-electron chi connectivity index (χ0n) is 10.9. The van der Waals surface area contributed by atoms with Crippen LogP contribution in [0.2, 0.25) is 0 Å². The number of carboxylic acid groups (broad SMARTS) is 1. The number of carboxylic acids is 1. The summed E-state index contributed by atoms with van der Waals surface area (Å²) in [6.45, 7) is 1.60. The van der Waals surface area contributed by atoms with Gasteiger partial charge in [0, 0.05) is 11.4 Å². The maximum atomic E-state index is 12.6. The lowest BCUT2D eigenvalue weighted by atomic mass is 10.2. The average molecular weight is 296 g/mol. The summed E-state index contributed by atoms with van der Waals surface area (Å²) in [5, 5.41) is 11.6. The lowest BCUT2D eigenvalue weighted by Crippen LogP contribution is -2.06. The molecule has 0 atom stereocenters. The van der Waals surface area contributed by atoms with Crippen molar-refractivity contribution in [1.29, 1.82) is 0 Å². The van der Waals surface area contributed by atoms with Crippen LogP contribution in [0, 0.1) is 6.92 Å². The summed E-state index contributed by atoms with van der Waals surface area (Å²) < 4.78 is 37.9. The van der Waals surface area contributed by atoms with Gasteiger partial charge in [0.2, 0.25) is 0 Å². The second-order valence-corrected chi connectivity index (χ2v) is 4.39. The Labute approximate surface area is 118 Å². The zero-order valence-corrected chi connectivity index (χ0v) is 10.9. The first kappa shape index (κ1) is 14.8. The van der Waals surface area contributed by atoms with Crippen molar-refractivity contribution < 1.29 is 23.1 Å². The Kier molecular flexibility index (Phi) is 3.84. The predicted octanol–water partition coefficient (Wildman–Crippen LogP) is 3.85. The van der Waals surface area contributed by atoms with Crippen molar-refractivity contribution in [2.75, 3.05) is 5.32 Å². The number of carbonyl (C=O) groups is 1. The minimum Gasteiger partial charge on any atom is -0.478 e.